The van der Waals surface area contributed by atoms with Gasteiger partial charge in [0.2, 0.25) is 0 Å². The summed E-state index contributed by atoms with van der Waals surface area (Å²) in [6.45, 7) is 7.80. The number of carbonyl (C=O) groups is 1. The predicted molar refractivity (Wildman–Crippen MR) is 99.3 cm³/mol. The van der Waals surface area contributed by atoms with Gasteiger partial charge in [-0.05, 0) is 51.5 Å². The van der Waals surface area contributed by atoms with Gasteiger partial charge in [0.05, 0.1) is 24.5 Å². The van der Waals surface area contributed by atoms with Crippen molar-refractivity contribution in [3.05, 3.63) is 17.0 Å². The van der Waals surface area contributed by atoms with Crippen LogP contribution in [0.4, 0.5) is 4.79 Å². The van der Waals surface area contributed by atoms with Gasteiger partial charge in [-0.3, -0.25) is 4.68 Å². The molecule has 7 nitrogen and oxygen atoms in total. The Morgan fingerprint density at radius 2 is 2.08 bits per heavy atom. The standard InChI is InChI=1S/C19H32N4O3/c1-14-18(15(2)22(3)21-14)6-9-20-19(24)23-10-7-16(8-11-23)26-13-17-5-4-12-25-17/h16-17H,4-13H2,1-3H3,(H,20,24). The zero-order valence-electron chi connectivity index (χ0n) is 16.3. The van der Waals surface area contributed by atoms with Crippen LogP contribution < -0.4 is 5.32 Å². The molecule has 2 aliphatic heterocycles. The van der Waals surface area contributed by atoms with Crippen molar-refractivity contribution >= 4 is 6.03 Å². The first kappa shape index (κ1) is 19.2. The average Bonchev–Trinajstić information content (AvgIpc) is 3.24. The van der Waals surface area contributed by atoms with Gasteiger partial charge in [0.15, 0.2) is 0 Å². The van der Waals surface area contributed by atoms with Crippen molar-refractivity contribution < 1.29 is 14.3 Å². The largest absolute Gasteiger partial charge is 0.376 e. The van der Waals surface area contributed by atoms with Crippen LogP contribution in [0.25, 0.3) is 0 Å². The summed E-state index contributed by atoms with van der Waals surface area (Å²) >= 11 is 0. The first-order valence-electron chi connectivity index (χ1n) is 9.79. The third kappa shape index (κ3) is 4.76. The van der Waals surface area contributed by atoms with Crippen molar-refractivity contribution in [3.8, 4) is 0 Å². The van der Waals surface area contributed by atoms with Crippen LogP contribution in [0.1, 0.15) is 42.6 Å². The Morgan fingerprint density at radius 1 is 1.31 bits per heavy atom. The zero-order chi connectivity index (χ0) is 18.5. The number of hydrogen-bond donors (Lipinski definition) is 1. The molecule has 2 aliphatic rings. The van der Waals surface area contributed by atoms with Crippen LogP contribution in [0, 0.1) is 13.8 Å². The second-order valence-electron chi connectivity index (χ2n) is 7.41. The maximum Gasteiger partial charge on any atom is 0.317 e. The molecule has 3 rings (SSSR count). The lowest BCUT2D eigenvalue weighted by molar-refractivity contribution is -0.0381. The molecule has 2 amide bonds. The van der Waals surface area contributed by atoms with Gasteiger partial charge in [-0.1, -0.05) is 0 Å². The molecule has 0 radical (unpaired) electrons. The van der Waals surface area contributed by atoms with Crippen LogP contribution in [0.15, 0.2) is 0 Å². The summed E-state index contributed by atoms with van der Waals surface area (Å²) < 4.78 is 13.5. The maximum atomic E-state index is 12.4. The third-order valence-corrected chi connectivity index (χ3v) is 5.58. The number of urea groups is 1. The number of rotatable bonds is 6. The molecule has 0 spiro atoms. The summed E-state index contributed by atoms with van der Waals surface area (Å²) in [6.07, 6.45) is 5.40. The van der Waals surface area contributed by atoms with E-state index in [-0.39, 0.29) is 18.2 Å². The molecular formula is C19H32N4O3. The van der Waals surface area contributed by atoms with E-state index < -0.39 is 0 Å². The van der Waals surface area contributed by atoms with Gasteiger partial charge in [0.1, 0.15) is 0 Å². The molecule has 2 fully saturated rings. The lowest BCUT2D eigenvalue weighted by Crippen LogP contribution is -2.46. The van der Waals surface area contributed by atoms with Crippen LogP contribution in [0.2, 0.25) is 0 Å². The molecule has 146 valence electrons. The molecule has 1 N–H and O–H groups in total. The number of hydrogen-bond acceptors (Lipinski definition) is 4. The van der Waals surface area contributed by atoms with E-state index in [1.54, 1.807) is 0 Å². The highest BCUT2D eigenvalue weighted by atomic mass is 16.5. The fraction of sp³-hybridized carbons (Fsp3) is 0.789. The molecule has 3 heterocycles. The first-order valence-corrected chi connectivity index (χ1v) is 9.79. The topological polar surface area (TPSA) is 68.6 Å². The number of aromatic nitrogens is 2. The van der Waals surface area contributed by atoms with Crippen LogP contribution in [-0.2, 0) is 22.9 Å². The van der Waals surface area contributed by atoms with E-state index in [9.17, 15) is 4.79 Å². The van der Waals surface area contributed by atoms with Gasteiger partial charge in [-0.2, -0.15) is 5.10 Å². The summed E-state index contributed by atoms with van der Waals surface area (Å²) in [7, 11) is 1.95. The van der Waals surface area contributed by atoms with E-state index in [0.717, 1.165) is 57.5 Å². The molecular weight excluding hydrogens is 332 g/mol. The molecule has 1 unspecified atom stereocenters. The summed E-state index contributed by atoms with van der Waals surface area (Å²) in [5.41, 5.74) is 3.44. The van der Waals surface area contributed by atoms with Crippen LogP contribution in [0.5, 0.6) is 0 Å². The number of nitrogens with one attached hydrogen (secondary N) is 1. The monoisotopic (exact) mass is 364 g/mol. The van der Waals surface area contributed by atoms with Gasteiger partial charge in [0.25, 0.3) is 0 Å². The molecule has 2 saturated heterocycles. The number of amides is 2. The Balaban J connectivity index is 1.34. The lowest BCUT2D eigenvalue weighted by Gasteiger charge is -2.32. The van der Waals surface area contributed by atoms with Crippen LogP contribution >= 0.6 is 0 Å². The van der Waals surface area contributed by atoms with E-state index in [2.05, 4.69) is 17.3 Å². The summed E-state index contributed by atoms with van der Waals surface area (Å²) in [4.78, 5) is 14.3. The Bertz CT molecular complexity index is 602. The minimum absolute atomic E-state index is 0.0294. The lowest BCUT2D eigenvalue weighted by atomic mass is 10.1. The van der Waals surface area contributed by atoms with E-state index in [0.29, 0.717) is 13.2 Å². The number of nitrogens with zero attached hydrogens (tertiary/aromatic N) is 3. The molecule has 1 atom stereocenters. The fourth-order valence-corrected chi connectivity index (χ4v) is 3.83. The van der Waals surface area contributed by atoms with E-state index in [1.165, 1.54) is 11.3 Å². The van der Waals surface area contributed by atoms with Crippen molar-refractivity contribution in [3.63, 3.8) is 0 Å². The quantitative estimate of drug-likeness (QED) is 0.838. The van der Waals surface area contributed by atoms with Crippen molar-refractivity contribution in [2.24, 2.45) is 7.05 Å². The number of carbonyl (C=O) groups excluding carboxylic acids is 1. The highest BCUT2D eigenvalue weighted by molar-refractivity contribution is 5.74. The van der Waals surface area contributed by atoms with E-state index in [1.807, 2.05) is 23.6 Å². The highest BCUT2D eigenvalue weighted by Gasteiger charge is 2.25. The van der Waals surface area contributed by atoms with Gasteiger partial charge in [-0.15, -0.1) is 0 Å². The van der Waals surface area contributed by atoms with Crippen molar-refractivity contribution in [2.75, 3.05) is 32.8 Å². The van der Waals surface area contributed by atoms with E-state index in [4.69, 9.17) is 9.47 Å². The number of ether oxygens (including phenoxy) is 2. The SMILES string of the molecule is Cc1nn(C)c(C)c1CCNC(=O)N1CCC(OCC2CCCO2)CC1. The second-order valence-corrected chi connectivity index (χ2v) is 7.41. The normalized spacial score (nSPS) is 21.3. The van der Waals surface area contributed by atoms with Crippen LogP contribution in [-0.4, -0.2) is 65.8 Å². The molecule has 7 heteroatoms. The Labute approximate surface area is 156 Å². The summed E-state index contributed by atoms with van der Waals surface area (Å²) in [6, 6.07) is 0.0294. The first-order chi connectivity index (χ1) is 12.5. The molecule has 0 saturated carbocycles. The van der Waals surface area contributed by atoms with Crippen molar-refractivity contribution in [2.45, 2.75) is 58.2 Å². The highest BCUT2D eigenvalue weighted by Crippen LogP contribution is 2.18. The molecule has 1 aromatic rings. The Hall–Kier alpha value is -1.60. The molecule has 0 aliphatic carbocycles. The van der Waals surface area contributed by atoms with E-state index >= 15 is 0 Å². The summed E-state index contributed by atoms with van der Waals surface area (Å²) in [5.74, 6) is 0. The van der Waals surface area contributed by atoms with Crippen molar-refractivity contribution in [1.82, 2.24) is 20.0 Å². The molecule has 0 bridgehead atoms. The van der Waals surface area contributed by atoms with Gasteiger partial charge >= 0.3 is 6.03 Å². The van der Waals surface area contributed by atoms with Crippen LogP contribution in [0.3, 0.4) is 0 Å². The smallest absolute Gasteiger partial charge is 0.317 e. The maximum absolute atomic E-state index is 12.4. The predicted octanol–water partition coefficient (Wildman–Crippen LogP) is 1.95. The Kier molecular flexibility index (Phi) is 6.53. The Morgan fingerprint density at radius 3 is 2.69 bits per heavy atom. The molecule has 0 aromatic carbocycles. The third-order valence-electron chi connectivity index (χ3n) is 5.58. The molecule has 26 heavy (non-hydrogen) atoms. The fourth-order valence-electron chi connectivity index (χ4n) is 3.83. The molecule has 1 aromatic heterocycles. The number of aryl methyl sites for hydroxylation is 2. The summed E-state index contributed by atoms with van der Waals surface area (Å²) in [5, 5.41) is 7.47. The van der Waals surface area contributed by atoms with Gasteiger partial charge in [0, 0.05) is 39.0 Å². The minimum Gasteiger partial charge on any atom is -0.376 e. The van der Waals surface area contributed by atoms with Gasteiger partial charge in [-0.25, -0.2) is 4.79 Å². The number of piperidine rings is 1. The van der Waals surface area contributed by atoms with Gasteiger partial charge < -0.3 is 19.7 Å². The zero-order valence-corrected chi connectivity index (χ0v) is 16.3. The second kappa shape index (κ2) is 8.86. The van der Waals surface area contributed by atoms with Crippen molar-refractivity contribution in [1.29, 1.82) is 0 Å². The number of likely N-dealkylation sites (tertiary alicyclic amines) is 1. The average molecular weight is 364 g/mol. The minimum atomic E-state index is 0.0294.